The number of allylic oxidation sites excluding steroid dienone is 1. The van der Waals surface area contributed by atoms with Crippen molar-refractivity contribution in [1.82, 2.24) is 16.1 Å². The van der Waals surface area contributed by atoms with Gasteiger partial charge in [0.25, 0.3) is 5.91 Å². The Hall–Kier alpha value is -4.74. The molecule has 3 rings (SSSR count). The van der Waals surface area contributed by atoms with E-state index in [1.165, 1.54) is 20.4 Å². The Morgan fingerprint density at radius 3 is 2.36 bits per heavy atom. The van der Waals surface area contributed by atoms with Crippen molar-refractivity contribution in [2.75, 3.05) is 34.0 Å². The van der Waals surface area contributed by atoms with Crippen molar-refractivity contribution in [3.05, 3.63) is 58.8 Å². The van der Waals surface area contributed by atoms with Gasteiger partial charge >= 0.3 is 12.0 Å². The number of carbonyl (C=O) groups is 3. The van der Waals surface area contributed by atoms with Gasteiger partial charge in [-0.25, -0.2) is 15.0 Å². The Morgan fingerprint density at radius 1 is 0.974 bits per heavy atom. The molecule has 12 nitrogen and oxygen atoms in total. The first-order chi connectivity index (χ1) is 18.8. The zero-order valence-corrected chi connectivity index (χ0v) is 22.5. The van der Waals surface area contributed by atoms with E-state index < -0.39 is 23.9 Å². The molecule has 1 atom stereocenters. The smallest absolute Gasteiger partial charge is 0.337 e. The molecule has 2 aromatic rings. The number of nitrogens with one attached hydrogen (secondary N) is 3. The van der Waals surface area contributed by atoms with E-state index in [-0.39, 0.29) is 17.9 Å². The minimum Gasteiger partial charge on any atom is -0.493 e. The summed E-state index contributed by atoms with van der Waals surface area (Å²) in [4.78, 5) is 36.7. The molecule has 0 saturated heterocycles. The third-order valence-electron chi connectivity index (χ3n) is 5.52. The fourth-order valence-corrected chi connectivity index (χ4v) is 3.81. The molecule has 0 spiro atoms. The zero-order chi connectivity index (χ0) is 28.4. The van der Waals surface area contributed by atoms with Crippen LogP contribution in [0.1, 0.15) is 37.9 Å². The van der Waals surface area contributed by atoms with Crippen LogP contribution in [0.15, 0.2) is 52.8 Å². The summed E-state index contributed by atoms with van der Waals surface area (Å²) in [7, 11) is 2.70. The lowest BCUT2D eigenvalue weighted by Gasteiger charge is -2.28. The number of benzene rings is 2. The van der Waals surface area contributed by atoms with Crippen LogP contribution < -0.4 is 35.0 Å². The topological polar surface area (TPSA) is 146 Å². The largest absolute Gasteiger partial charge is 0.493 e. The van der Waals surface area contributed by atoms with Crippen LogP contribution in [0.2, 0.25) is 0 Å². The average molecular weight is 541 g/mol. The Balaban J connectivity index is 1.65. The molecule has 39 heavy (non-hydrogen) atoms. The molecule has 12 heteroatoms. The van der Waals surface area contributed by atoms with Crippen LogP contribution in [0, 0.1) is 0 Å². The fraction of sp³-hybridized carbons (Fsp3) is 0.333. The summed E-state index contributed by atoms with van der Waals surface area (Å²) in [6, 6.07) is 8.95. The first-order valence-corrected chi connectivity index (χ1v) is 12.2. The van der Waals surface area contributed by atoms with Crippen molar-refractivity contribution >= 4 is 24.1 Å². The molecule has 1 heterocycles. The van der Waals surface area contributed by atoms with E-state index in [9.17, 15) is 14.4 Å². The molecular formula is C27H32N4O8. The fourth-order valence-electron chi connectivity index (χ4n) is 3.81. The number of rotatable bonds is 12. The minimum atomic E-state index is -0.766. The molecule has 2 aromatic carbocycles. The summed E-state index contributed by atoms with van der Waals surface area (Å²) in [5.74, 6) is 0.725. The number of ether oxygens (including phenoxy) is 5. The highest BCUT2D eigenvalue weighted by Crippen LogP contribution is 2.34. The highest BCUT2D eigenvalue weighted by molar-refractivity contribution is 5.95. The van der Waals surface area contributed by atoms with E-state index in [1.807, 2.05) is 13.8 Å². The first-order valence-electron chi connectivity index (χ1n) is 12.2. The van der Waals surface area contributed by atoms with Gasteiger partial charge in [-0.2, -0.15) is 5.10 Å². The van der Waals surface area contributed by atoms with Gasteiger partial charge in [-0.3, -0.25) is 4.79 Å². The van der Waals surface area contributed by atoms with Gasteiger partial charge in [-0.1, -0.05) is 6.07 Å². The molecule has 208 valence electrons. The average Bonchev–Trinajstić information content (AvgIpc) is 2.92. The van der Waals surface area contributed by atoms with Crippen LogP contribution in [0.5, 0.6) is 23.0 Å². The molecule has 0 fully saturated rings. The van der Waals surface area contributed by atoms with Crippen LogP contribution in [-0.4, -0.2) is 58.2 Å². The summed E-state index contributed by atoms with van der Waals surface area (Å²) >= 11 is 0. The summed E-state index contributed by atoms with van der Waals surface area (Å²) in [5.41, 5.74) is 4.31. The quantitative estimate of drug-likeness (QED) is 0.212. The first kappa shape index (κ1) is 28.8. The Labute approximate surface area is 226 Å². The van der Waals surface area contributed by atoms with Crippen molar-refractivity contribution in [3.8, 4) is 23.0 Å². The number of nitrogens with zero attached hydrogens (tertiary/aromatic N) is 1. The number of hydrogen-bond acceptors (Lipinski definition) is 9. The van der Waals surface area contributed by atoms with Crippen LogP contribution in [0.4, 0.5) is 4.79 Å². The predicted molar refractivity (Wildman–Crippen MR) is 142 cm³/mol. The van der Waals surface area contributed by atoms with E-state index in [4.69, 9.17) is 23.7 Å². The lowest BCUT2D eigenvalue weighted by molar-refractivity contribution is -0.136. The molecule has 0 saturated carbocycles. The second-order valence-electron chi connectivity index (χ2n) is 8.13. The molecule has 0 radical (unpaired) electrons. The van der Waals surface area contributed by atoms with Gasteiger partial charge in [0.2, 0.25) is 0 Å². The second-order valence-corrected chi connectivity index (χ2v) is 8.13. The molecule has 0 bridgehead atoms. The van der Waals surface area contributed by atoms with E-state index in [0.717, 1.165) is 0 Å². The molecule has 0 aromatic heterocycles. The Kier molecular flexibility index (Phi) is 10.1. The third kappa shape index (κ3) is 7.40. The van der Waals surface area contributed by atoms with Crippen molar-refractivity contribution in [1.29, 1.82) is 0 Å². The van der Waals surface area contributed by atoms with Crippen LogP contribution in [0.25, 0.3) is 0 Å². The summed E-state index contributed by atoms with van der Waals surface area (Å²) in [5, 5.41) is 9.24. The number of amides is 3. The maximum atomic E-state index is 12.3. The molecular weight excluding hydrogens is 508 g/mol. The highest BCUT2D eigenvalue weighted by Gasteiger charge is 2.32. The summed E-state index contributed by atoms with van der Waals surface area (Å²) < 4.78 is 27.0. The lowest BCUT2D eigenvalue weighted by Crippen LogP contribution is -2.45. The van der Waals surface area contributed by atoms with Gasteiger partial charge in [0.15, 0.2) is 29.6 Å². The normalized spacial score (nSPS) is 14.8. The molecule has 1 aliphatic rings. The zero-order valence-electron chi connectivity index (χ0n) is 22.5. The van der Waals surface area contributed by atoms with Gasteiger partial charge in [0, 0.05) is 5.70 Å². The maximum Gasteiger partial charge on any atom is 0.337 e. The van der Waals surface area contributed by atoms with Gasteiger partial charge in [-0.05, 0) is 62.2 Å². The summed E-state index contributed by atoms with van der Waals surface area (Å²) in [6.45, 7) is 6.03. The van der Waals surface area contributed by atoms with Crippen molar-refractivity contribution in [2.24, 2.45) is 5.10 Å². The second kappa shape index (κ2) is 13.7. The van der Waals surface area contributed by atoms with E-state index in [0.29, 0.717) is 47.3 Å². The number of carbonyl (C=O) groups excluding carboxylic acids is 3. The van der Waals surface area contributed by atoms with Gasteiger partial charge < -0.3 is 34.3 Å². The van der Waals surface area contributed by atoms with Crippen LogP contribution in [-0.2, 0) is 14.3 Å². The maximum absolute atomic E-state index is 12.3. The monoisotopic (exact) mass is 540 g/mol. The third-order valence-corrected chi connectivity index (χ3v) is 5.52. The lowest BCUT2D eigenvalue weighted by atomic mass is 9.95. The minimum absolute atomic E-state index is 0.256. The highest BCUT2D eigenvalue weighted by atomic mass is 16.5. The SMILES string of the molecule is CCOc1ccc(/C=N\NC(=O)COc2ccc([C@@H]3NC(=O)NC(C)=C3C(=O)OC)cc2OC)cc1OCC. The number of esters is 1. The molecule has 0 unspecified atom stereocenters. The van der Waals surface area contributed by atoms with Crippen LogP contribution >= 0.6 is 0 Å². The molecule has 3 N–H and O–H groups in total. The molecule has 3 amide bonds. The van der Waals surface area contributed by atoms with Crippen molar-refractivity contribution < 1.29 is 38.1 Å². The number of methoxy groups -OCH3 is 2. The molecule has 1 aliphatic heterocycles. The number of urea groups is 1. The molecule has 0 aliphatic carbocycles. The Morgan fingerprint density at radius 2 is 1.67 bits per heavy atom. The standard InChI is InChI=1S/C27H32N4O8/c1-6-37-20-10-8-17(12-22(20)38-7-2)14-28-31-23(32)15-39-19-11-9-18(13-21(19)35-4)25-24(26(33)36-5)16(3)29-27(34)30-25/h8-14,25H,6-7,15H2,1-5H3,(H,31,32)(H2,29,30,34)/b28-14-/t25-/m0/s1. The van der Waals surface area contributed by atoms with Gasteiger partial charge in [-0.15, -0.1) is 0 Å². The van der Waals surface area contributed by atoms with E-state index >= 15 is 0 Å². The van der Waals surface area contributed by atoms with Crippen molar-refractivity contribution in [3.63, 3.8) is 0 Å². The van der Waals surface area contributed by atoms with E-state index in [2.05, 4.69) is 21.2 Å². The Bertz CT molecular complexity index is 1270. The van der Waals surface area contributed by atoms with Gasteiger partial charge in [0.1, 0.15) is 0 Å². The predicted octanol–water partition coefficient (Wildman–Crippen LogP) is 2.82. The van der Waals surface area contributed by atoms with Gasteiger partial charge in [0.05, 0.1) is 45.3 Å². The number of hydrogen-bond donors (Lipinski definition) is 3. The van der Waals surface area contributed by atoms with E-state index in [1.54, 1.807) is 43.3 Å². The number of hydrazone groups is 1. The van der Waals surface area contributed by atoms with Crippen molar-refractivity contribution in [2.45, 2.75) is 26.8 Å². The van der Waals surface area contributed by atoms with Crippen LogP contribution in [0.3, 0.4) is 0 Å². The summed E-state index contributed by atoms with van der Waals surface area (Å²) in [6.07, 6.45) is 1.48.